The molecule has 0 heterocycles. The Morgan fingerprint density at radius 1 is 1.25 bits per heavy atom. The van der Waals surface area contributed by atoms with Crippen LogP contribution in [0, 0.1) is 0 Å². The maximum atomic E-state index is 12.0. The minimum atomic E-state index is -3.37. The van der Waals surface area contributed by atoms with Gasteiger partial charge < -0.3 is 5.32 Å². The Morgan fingerprint density at radius 2 is 1.80 bits per heavy atom. The van der Waals surface area contributed by atoms with E-state index in [-0.39, 0.29) is 5.54 Å². The molecule has 4 nitrogen and oxygen atoms in total. The van der Waals surface area contributed by atoms with Crippen molar-refractivity contribution in [3.63, 3.8) is 0 Å². The fourth-order valence-corrected chi connectivity index (χ4v) is 3.12. The topological polar surface area (TPSA) is 49.4 Å². The van der Waals surface area contributed by atoms with Crippen molar-refractivity contribution in [2.45, 2.75) is 37.1 Å². The van der Waals surface area contributed by atoms with Crippen LogP contribution >= 0.6 is 11.6 Å². The number of nitrogens with zero attached hydrogens (tertiary/aromatic N) is 1. The third-order valence-corrected chi connectivity index (χ3v) is 5.52. The molecule has 20 heavy (non-hydrogen) atoms. The Morgan fingerprint density at radius 3 is 2.20 bits per heavy atom. The molecule has 1 N–H and O–H groups in total. The van der Waals surface area contributed by atoms with Crippen molar-refractivity contribution in [2.24, 2.45) is 0 Å². The average molecular weight is 319 g/mol. The summed E-state index contributed by atoms with van der Waals surface area (Å²) in [6.45, 7) is 4.21. The molecule has 1 unspecified atom stereocenters. The average Bonchev–Trinajstić information content (AvgIpc) is 2.39. The summed E-state index contributed by atoms with van der Waals surface area (Å²) in [5.74, 6) is 0.588. The highest BCUT2D eigenvalue weighted by Gasteiger charge is 2.21. The Balaban J connectivity index is 2.93. The highest BCUT2D eigenvalue weighted by atomic mass is 35.5. The molecule has 0 aliphatic rings. The smallest absolute Gasteiger partial charge is 0.242 e. The fraction of sp³-hybridized carbons (Fsp3) is 0.571. The van der Waals surface area contributed by atoms with Gasteiger partial charge in [-0.15, -0.1) is 11.6 Å². The van der Waals surface area contributed by atoms with Gasteiger partial charge in [0.25, 0.3) is 0 Å². The fourth-order valence-electron chi connectivity index (χ4n) is 1.81. The van der Waals surface area contributed by atoms with Gasteiger partial charge in [-0.3, -0.25) is 0 Å². The van der Waals surface area contributed by atoms with E-state index in [1.54, 1.807) is 24.3 Å². The molecule has 1 aromatic carbocycles. The molecular formula is C14H23ClN2O2S. The highest BCUT2D eigenvalue weighted by molar-refractivity contribution is 7.89. The monoisotopic (exact) mass is 318 g/mol. The summed E-state index contributed by atoms with van der Waals surface area (Å²) in [7, 11) is -0.321. The summed E-state index contributed by atoms with van der Waals surface area (Å²) in [6.07, 6.45) is 1.79. The first-order valence-corrected chi connectivity index (χ1v) is 8.59. The lowest BCUT2D eigenvalue weighted by atomic mass is 9.95. The first kappa shape index (κ1) is 17.3. The number of hydrogen-bond acceptors (Lipinski definition) is 3. The van der Waals surface area contributed by atoms with Crippen LogP contribution in [0.3, 0.4) is 0 Å². The van der Waals surface area contributed by atoms with Crippen LogP contribution in [-0.4, -0.2) is 38.2 Å². The van der Waals surface area contributed by atoms with E-state index in [9.17, 15) is 8.42 Å². The van der Waals surface area contributed by atoms with Crippen molar-refractivity contribution < 1.29 is 8.42 Å². The Labute approximate surface area is 127 Å². The number of alkyl halides is 1. The van der Waals surface area contributed by atoms with Gasteiger partial charge in [0, 0.05) is 31.2 Å². The minimum Gasteiger partial charge on any atom is -0.380 e. The number of nitrogens with one attached hydrogen (secondary N) is 1. The van der Waals surface area contributed by atoms with E-state index in [1.807, 2.05) is 0 Å². The second-order valence-corrected chi connectivity index (χ2v) is 7.82. The summed E-state index contributed by atoms with van der Waals surface area (Å²) in [6, 6.07) is 6.82. The second-order valence-electron chi connectivity index (χ2n) is 5.29. The molecule has 1 atom stereocenters. The van der Waals surface area contributed by atoms with Crippen LogP contribution in [0.25, 0.3) is 0 Å². The lowest BCUT2D eigenvalue weighted by Crippen LogP contribution is -2.34. The van der Waals surface area contributed by atoms with Crippen LogP contribution in [0.4, 0.5) is 5.69 Å². The molecule has 0 saturated carbocycles. The van der Waals surface area contributed by atoms with Gasteiger partial charge in [-0.05, 0) is 44.0 Å². The number of hydrogen-bond donors (Lipinski definition) is 1. The molecule has 0 spiro atoms. The van der Waals surface area contributed by atoms with Crippen molar-refractivity contribution in [3.8, 4) is 0 Å². The SMILES string of the molecule is CCC(C)(CCCl)Nc1ccc(S(=O)(=O)N(C)C)cc1. The Hall–Kier alpha value is -0.780. The van der Waals surface area contributed by atoms with E-state index < -0.39 is 10.0 Å². The molecule has 1 rings (SSSR count). The minimum absolute atomic E-state index is 0.0797. The molecule has 6 heteroatoms. The third kappa shape index (κ3) is 4.11. The predicted molar refractivity (Wildman–Crippen MR) is 85.0 cm³/mol. The maximum Gasteiger partial charge on any atom is 0.242 e. The highest BCUT2D eigenvalue weighted by Crippen LogP contribution is 2.24. The van der Waals surface area contributed by atoms with E-state index in [0.29, 0.717) is 10.8 Å². The number of anilines is 1. The Bertz CT molecular complexity index is 529. The molecule has 0 aromatic heterocycles. The van der Waals surface area contributed by atoms with Crippen molar-refractivity contribution >= 4 is 27.3 Å². The predicted octanol–water partition coefficient (Wildman–Crippen LogP) is 3.15. The molecule has 0 amide bonds. The molecular weight excluding hydrogens is 296 g/mol. The summed E-state index contributed by atoms with van der Waals surface area (Å²) >= 11 is 5.83. The lowest BCUT2D eigenvalue weighted by Gasteiger charge is -2.30. The molecule has 0 saturated heterocycles. The van der Waals surface area contributed by atoms with Crippen LogP contribution in [0.15, 0.2) is 29.2 Å². The van der Waals surface area contributed by atoms with Crippen LogP contribution < -0.4 is 5.32 Å². The largest absolute Gasteiger partial charge is 0.380 e. The van der Waals surface area contributed by atoms with Gasteiger partial charge in [0.2, 0.25) is 10.0 Å². The second kappa shape index (κ2) is 6.78. The van der Waals surface area contributed by atoms with Gasteiger partial charge in [0.1, 0.15) is 0 Å². The molecule has 0 bridgehead atoms. The zero-order chi connectivity index (χ0) is 15.4. The van der Waals surface area contributed by atoms with Gasteiger partial charge in [-0.2, -0.15) is 0 Å². The first-order chi connectivity index (χ1) is 9.25. The summed E-state index contributed by atoms with van der Waals surface area (Å²) in [4.78, 5) is 0.295. The molecule has 0 aliphatic carbocycles. The quantitative estimate of drug-likeness (QED) is 0.786. The number of rotatable bonds is 7. The van der Waals surface area contributed by atoms with Crippen LogP contribution in [-0.2, 0) is 10.0 Å². The van der Waals surface area contributed by atoms with Gasteiger partial charge in [-0.25, -0.2) is 12.7 Å². The number of sulfonamides is 1. The lowest BCUT2D eigenvalue weighted by molar-refractivity contribution is 0.481. The van der Waals surface area contributed by atoms with E-state index in [2.05, 4.69) is 19.2 Å². The van der Waals surface area contributed by atoms with E-state index in [0.717, 1.165) is 18.5 Å². The van der Waals surface area contributed by atoms with Crippen LogP contribution in [0.2, 0.25) is 0 Å². The number of halogens is 1. The molecule has 1 aromatic rings. The van der Waals surface area contributed by atoms with Crippen molar-refractivity contribution in [1.82, 2.24) is 4.31 Å². The molecule has 114 valence electrons. The Kier molecular flexibility index (Phi) is 5.86. The van der Waals surface area contributed by atoms with E-state index >= 15 is 0 Å². The van der Waals surface area contributed by atoms with E-state index in [1.165, 1.54) is 18.4 Å². The molecule has 0 fully saturated rings. The third-order valence-electron chi connectivity index (χ3n) is 3.51. The van der Waals surface area contributed by atoms with Crippen LogP contribution in [0.5, 0.6) is 0 Å². The summed E-state index contributed by atoms with van der Waals surface area (Å²) in [5, 5.41) is 3.42. The van der Waals surface area contributed by atoms with Crippen molar-refractivity contribution in [3.05, 3.63) is 24.3 Å². The molecule has 0 aliphatic heterocycles. The number of benzene rings is 1. The van der Waals surface area contributed by atoms with Crippen LogP contribution in [0.1, 0.15) is 26.7 Å². The molecule has 0 radical (unpaired) electrons. The van der Waals surface area contributed by atoms with Gasteiger partial charge in [-0.1, -0.05) is 6.92 Å². The van der Waals surface area contributed by atoms with Gasteiger partial charge in [0.15, 0.2) is 0 Å². The van der Waals surface area contributed by atoms with E-state index in [4.69, 9.17) is 11.6 Å². The maximum absolute atomic E-state index is 12.0. The van der Waals surface area contributed by atoms with Gasteiger partial charge >= 0.3 is 0 Å². The van der Waals surface area contributed by atoms with Gasteiger partial charge in [0.05, 0.1) is 4.90 Å². The van der Waals surface area contributed by atoms with Crippen molar-refractivity contribution in [2.75, 3.05) is 25.3 Å². The zero-order valence-electron chi connectivity index (χ0n) is 12.5. The zero-order valence-corrected chi connectivity index (χ0v) is 14.1. The standard InChI is InChI=1S/C14H23ClN2O2S/c1-5-14(2,10-11-15)16-12-6-8-13(9-7-12)20(18,19)17(3)4/h6-9,16H,5,10-11H2,1-4H3. The first-order valence-electron chi connectivity index (χ1n) is 6.62. The summed E-state index contributed by atoms with van der Waals surface area (Å²) in [5.41, 5.74) is 0.820. The normalized spacial score (nSPS) is 15.1. The summed E-state index contributed by atoms with van der Waals surface area (Å²) < 4.78 is 25.2. The van der Waals surface area contributed by atoms with Crippen molar-refractivity contribution in [1.29, 1.82) is 0 Å².